The lowest BCUT2D eigenvalue weighted by atomic mass is 9.51. The molecule has 0 aromatic heterocycles. The van der Waals surface area contributed by atoms with Crippen molar-refractivity contribution < 1.29 is 19.4 Å². The Kier molecular flexibility index (Phi) is 8.33. The second-order valence-electron chi connectivity index (χ2n) is 13.9. The minimum atomic E-state index is -0.413. The number of fused-ring (bicyclic) bond motifs is 4. The fraction of sp³-hybridized carbons (Fsp3) is 0.758. The van der Waals surface area contributed by atoms with Crippen molar-refractivity contribution in [1.29, 1.82) is 0 Å². The van der Waals surface area contributed by atoms with Gasteiger partial charge in [0.1, 0.15) is 6.10 Å². The van der Waals surface area contributed by atoms with Crippen LogP contribution in [0.4, 0.5) is 0 Å². The van der Waals surface area contributed by atoms with Crippen LogP contribution in [0.15, 0.2) is 34.9 Å². The van der Waals surface area contributed by atoms with Gasteiger partial charge in [0.25, 0.3) is 0 Å². The topological polar surface area (TPSA) is 78.9 Å². The Morgan fingerprint density at radius 2 is 1.82 bits per heavy atom. The average molecular weight is 541 g/mol. The summed E-state index contributed by atoms with van der Waals surface area (Å²) >= 11 is 0. The van der Waals surface area contributed by atoms with Gasteiger partial charge in [-0.2, -0.15) is 0 Å². The van der Waals surface area contributed by atoms with E-state index >= 15 is 0 Å². The second-order valence-corrected chi connectivity index (χ2v) is 13.9. The molecular weight excluding hydrogens is 488 g/mol. The van der Waals surface area contributed by atoms with Crippen LogP contribution in [0.3, 0.4) is 0 Å². The fourth-order valence-corrected chi connectivity index (χ4v) is 9.03. The number of aliphatic hydroxyl groups excluding tert-OH is 1. The molecule has 1 amide bonds. The second kappa shape index (κ2) is 10.8. The summed E-state index contributed by atoms with van der Waals surface area (Å²) < 4.78 is 6.07. The third-order valence-corrected chi connectivity index (χ3v) is 11.9. The number of ether oxygens (including phenoxy) is 1. The molecule has 0 bridgehead atoms. The predicted molar refractivity (Wildman–Crippen MR) is 156 cm³/mol. The summed E-state index contributed by atoms with van der Waals surface area (Å²) in [5.41, 5.74) is 3.14. The molecular formula is C33H52N2O4. The number of esters is 1. The summed E-state index contributed by atoms with van der Waals surface area (Å²) in [5, 5.41) is 14.0. The summed E-state index contributed by atoms with van der Waals surface area (Å²) in [6, 6.07) is 0.220. The number of carbonyl (C=O) groups excluding carboxylic acids is 2. The molecule has 0 aromatic rings. The van der Waals surface area contributed by atoms with Crippen molar-refractivity contribution >= 4 is 11.9 Å². The third-order valence-electron chi connectivity index (χ3n) is 11.9. The molecule has 2 fully saturated rings. The van der Waals surface area contributed by atoms with Crippen molar-refractivity contribution in [3.63, 3.8) is 0 Å². The SMILES string of the molecule is C/C=C(\C)C(=O)N[C@H]1CCC2=CC3=CC[C@]4(C)[C@@H]([C@H](C)N(C)C)[C@H](OC(C)=O)C[C@@]4(C)[C@@H]3CC[C@H]2[C@@]1(C)CO. The zero-order valence-electron chi connectivity index (χ0n) is 25.8. The molecule has 6 heteroatoms. The summed E-state index contributed by atoms with van der Waals surface area (Å²) in [4.78, 5) is 27.3. The van der Waals surface area contributed by atoms with Gasteiger partial charge in [-0.25, -0.2) is 0 Å². The predicted octanol–water partition coefficient (Wildman–Crippen LogP) is 5.43. The van der Waals surface area contributed by atoms with Gasteiger partial charge in [-0.15, -0.1) is 0 Å². The minimum absolute atomic E-state index is 0.000203. The number of rotatable bonds is 6. The number of hydrogen-bond acceptors (Lipinski definition) is 5. The third kappa shape index (κ3) is 4.84. The first kappa shape index (κ1) is 30.0. The summed E-state index contributed by atoms with van der Waals surface area (Å²) in [6.07, 6.45) is 12.3. The van der Waals surface area contributed by atoms with Gasteiger partial charge in [0.05, 0.1) is 6.61 Å². The maximum atomic E-state index is 12.8. The molecule has 2 N–H and O–H groups in total. The first-order valence-electron chi connectivity index (χ1n) is 15.0. The van der Waals surface area contributed by atoms with Crippen LogP contribution in [-0.4, -0.2) is 60.8 Å². The number of carbonyl (C=O) groups is 2. The molecule has 9 atom stereocenters. The van der Waals surface area contributed by atoms with E-state index in [9.17, 15) is 14.7 Å². The molecule has 0 heterocycles. The van der Waals surface area contributed by atoms with Crippen molar-refractivity contribution in [1.82, 2.24) is 10.2 Å². The molecule has 0 aromatic carbocycles. The highest BCUT2D eigenvalue weighted by atomic mass is 16.5. The van der Waals surface area contributed by atoms with Crippen LogP contribution in [0.1, 0.15) is 87.0 Å². The van der Waals surface area contributed by atoms with Crippen molar-refractivity contribution in [2.75, 3.05) is 20.7 Å². The lowest BCUT2D eigenvalue weighted by molar-refractivity contribution is -0.150. The molecule has 0 saturated heterocycles. The van der Waals surface area contributed by atoms with Crippen LogP contribution in [0.2, 0.25) is 0 Å². The monoisotopic (exact) mass is 540 g/mol. The van der Waals surface area contributed by atoms with Crippen molar-refractivity contribution in [2.24, 2.45) is 34.0 Å². The summed E-state index contributed by atoms with van der Waals surface area (Å²) in [5.74, 6) is 0.605. The molecule has 4 aliphatic carbocycles. The Morgan fingerprint density at radius 1 is 1.15 bits per heavy atom. The molecule has 4 aliphatic rings. The molecule has 0 aliphatic heterocycles. The van der Waals surface area contributed by atoms with Gasteiger partial charge in [0.2, 0.25) is 5.91 Å². The van der Waals surface area contributed by atoms with E-state index in [4.69, 9.17) is 4.74 Å². The van der Waals surface area contributed by atoms with Gasteiger partial charge in [0.15, 0.2) is 0 Å². The van der Waals surface area contributed by atoms with E-state index in [0.29, 0.717) is 11.5 Å². The highest BCUT2D eigenvalue weighted by molar-refractivity contribution is 5.92. The van der Waals surface area contributed by atoms with E-state index < -0.39 is 5.41 Å². The standard InChI is InChI=1S/C33H52N2O4/c1-10-20(2)30(38)34-28-14-11-23-17-24-15-16-32(6)29(21(3)35(8)9)27(39-22(4)37)18-33(32,7)26(24)13-12-25(23)31(28,5)19-36/h10,15,17,21,25-29,36H,11-14,16,18-19H2,1-9H3,(H,34,38)/b20-10+/t21-,25+,26+,27+,28-,29-,31+,32+,33-/m0/s1. The van der Waals surface area contributed by atoms with E-state index in [-0.39, 0.29) is 59.3 Å². The van der Waals surface area contributed by atoms with Gasteiger partial charge in [-0.3, -0.25) is 9.59 Å². The Morgan fingerprint density at radius 3 is 2.41 bits per heavy atom. The van der Waals surface area contributed by atoms with Gasteiger partial charge in [-0.1, -0.05) is 44.6 Å². The number of aliphatic hydroxyl groups is 1. The normalized spacial score (nSPS) is 40.9. The zero-order chi connectivity index (χ0) is 28.9. The van der Waals surface area contributed by atoms with E-state index in [1.54, 1.807) is 0 Å². The van der Waals surface area contributed by atoms with E-state index in [0.717, 1.165) is 38.5 Å². The average Bonchev–Trinajstić information content (AvgIpc) is 2.98. The number of nitrogens with one attached hydrogen (secondary N) is 1. The summed E-state index contributed by atoms with van der Waals surface area (Å²) in [6.45, 7) is 14.6. The number of nitrogens with zero attached hydrogens (tertiary/aromatic N) is 1. The van der Waals surface area contributed by atoms with Crippen molar-refractivity contribution in [2.45, 2.75) is 105 Å². The van der Waals surface area contributed by atoms with E-state index in [1.165, 1.54) is 18.1 Å². The highest BCUT2D eigenvalue weighted by Gasteiger charge is 2.65. The zero-order valence-corrected chi connectivity index (χ0v) is 25.8. The molecule has 39 heavy (non-hydrogen) atoms. The number of amides is 1. The smallest absolute Gasteiger partial charge is 0.302 e. The van der Waals surface area contributed by atoms with E-state index in [1.807, 2.05) is 19.9 Å². The Balaban J connectivity index is 1.68. The van der Waals surface area contributed by atoms with Crippen LogP contribution < -0.4 is 5.32 Å². The largest absolute Gasteiger partial charge is 0.462 e. The first-order valence-corrected chi connectivity index (χ1v) is 15.0. The van der Waals surface area contributed by atoms with Gasteiger partial charge < -0.3 is 20.1 Å². The molecule has 0 unspecified atom stereocenters. The molecule has 0 radical (unpaired) electrons. The Bertz CT molecular complexity index is 1080. The van der Waals surface area contributed by atoms with Gasteiger partial charge >= 0.3 is 5.97 Å². The maximum absolute atomic E-state index is 12.8. The lowest BCUT2D eigenvalue weighted by Gasteiger charge is -2.53. The molecule has 4 rings (SSSR count). The number of hydrogen-bond donors (Lipinski definition) is 2. The van der Waals surface area contributed by atoms with E-state index in [2.05, 4.69) is 64.2 Å². The molecule has 218 valence electrons. The molecule has 0 spiro atoms. The Hall–Kier alpha value is -1.92. The lowest BCUT2D eigenvalue weighted by Crippen LogP contribution is -2.55. The number of allylic oxidation sites excluding steroid dienone is 5. The van der Waals surface area contributed by atoms with Crippen LogP contribution in [0.25, 0.3) is 0 Å². The maximum Gasteiger partial charge on any atom is 0.302 e. The van der Waals surface area contributed by atoms with Crippen LogP contribution in [0.5, 0.6) is 0 Å². The molecule has 6 nitrogen and oxygen atoms in total. The van der Waals surface area contributed by atoms with Gasteiger partial charge in [0, 0.05) is 35.9 Å². The van der Waals surface area contributed by atoms with Crippen LogP contribution in [-0.2, 0) is 14.3 Å². The summed E-state index contributed by atoms with van der Waals surface area (Å²) in [7, 11) is 4.25. The quantitative estimate of drug-likeness (QED) is 0.347. The van der Waals surface area contributed by atoms with Crippen molar-refractivity contribution in [3.8, 4) is 0 Å². The van der Waals surface area contributed by atoms with Crippen LogP contribution in [0, 0.1) is 34.0 Å². The first-order chi connectivity index (χ1) is 18.2. The van der Waals surface area contributed by atoms with Crippen molar-refractivity contribution in [3.05, 3.63) is 34.9 Å². The highest BCUT2D eigenvalue weighted by Crippen LogP contribution is 2.68. The molecule has 2 saturated carbocycles. The van der Waals surface area contributed by atoms with Crippen LogP contribution >= 0.6 is 0 Å². The van der Waals surface area contributed by atoms with Gasteiger partial charge in [-0.05, 0) is 102 Å². The minimum Gasteiger partial charge on any atom is -0.462 e. The fourth-order valence-electron chi connectivity index (χ4n) is 9.03. The Labute approximate surface area is 236 Å².